The van der Waals surface area contributed by atoms with E-state index in [1.54, 1.807) is 0 Å². The summed E-state index contributed by atoms with van der Waals surface area (Å²) in [6.45, 7) is 0. The van der Waals surface area contributed by atoms with Crippen molar-refractivity contribution in [3.8, 4) is 0 Å². The van der Waals surface area contributed by atoms with E-state index in [1.807, 2.05) is 0 Å². The molecule has 0 aromatic carbocycles. The molecule has 0 aliphatic carbocycles. The quantitative estimate of drug-likeness (QED) is 0.323. The number of rotatable bonds is 1. The van der Waals surface area contributed by atoms with Crippen molar-refractivity contribution in [1.82, 2.24) is 0 Å². The van der Waals surface area contributed by atoms with Gasteiger partial charge in [-0.3, -0.25) is 0 Å². The van der Waals surface area contributed by atoms with Gasteiger partial charge >= 0.3 is 29.6 Å². The fourth-order valence-electron chi connectivity index (χ4n) is 0. The summed E-state index contributed by atoms with van der Waals surface area (Å²) < 4.78 is 0. The van der Waals surface area contributed by atoms with Gasteiger partial charge in [-0.2, -0.15) is 0 Å². The van der Waals surface area contributed by atoms with Crippen molar-refractivity contribution in [1.29, 1.82) is 0 Å². The molecule has 0 aromatic rings. The molecule has 0 bridgehead atoms. The van der Waals surface area contributed by atoms with Crippen LogP contribution in [-0.2, 0) is 0 Å². The molecule has 0 saturated heterocycles. The molecule has 22 valence electrons. The maximum atomic E-state index is 5.03. The van der Waals surface area contributed by atoms with Gasteiger partial charge in [0, 0.05) is 0 Å². The minimum atomic E-state index is 0. The molecule has 0 radical (unpaired) electrons. The van der Waals surface area contributed by atoms with Gasteiger partial charge < -0.3 is 5.64 Å². The maximum absolute atomic E-state index is 5.03. The molecule has 0 fully saturated rings. The molecule has 0 heterocycles. The Kier molecular flexibility index (Phi) is 16.9. The normalized spacial score (nSPS) is 4.20. The Balaban J connectivity index is 0. The van der Waals surface area contributed by atoms with Gasteiger partial charge in [-0.05, 0) is 0 Å². The van der Waals surface area contributed by atoms with Crippen LogP contribution >= 0.6 is 0 Å². The first kappa shape index (κ1) is 9.47. The van der Waals surface area contributed by atoms with Crippen LogP contribution in [-0.4, -0.2) is 51.7 Å². The standard InChI is InChI=1S/B3H6N.Na.H/c1-2-3-4;;/h2-3H,1,4H2;;. The minimum absolute atomic E-state index is 0. The summed E-state index contributed by atoms with van der Waals surface area (Å²) in [5.74, 6) is 0. The van der Waals surface area contributed by atoms with Gasteiger partial charge in [-0.25, -0.2) is 0 Å². The molecule has 5 heteroatoms. The van der Waals surface area contributed by atoms with E-state index in [9.17, 15) is 0 Å². The Bertz CT molecular complexity index is 8.85. The summed E-state index contributed by atoms with van der Waals surface area (Å²) in [5.41, 5.74) is 5.03. The van der Waals surface area contributed by atoms with E-state index in [2.05, 4.69) is 7.74 Å². The predicted octanol–water partition coefficient (Wildman–Crippen LogP) is -3.45. The van der Waals surface area contributed by atoms with Crippen molar-refractivity contribution >= 4 is 51.7 Å². The average molecular weight is 76.5 g/mol. The van der Waals surface area contributed by atoms with Gasteiger partial charge in [-0.15, -0.1) is 0 Å². The van der Waals surface area contributed by atoms with Crippen LogP contribution < -0.4 is 5.64 Å². The van der Waals surface area contributed by atoms with Gasteiger partial charge in [0.1, 0.15) is 7.31 Å². The second-order valence-electron chi connectivity index (χ2n) is 0.789. The van der Waals surface area contributed by atoms with Crippen LogP contribution in [0, 0.1) is 0 Å². The predicted molar refractivity (Wildman–Crippen MR) is 34.2 cm³/mol. The first-order valence-electron chi connectivity index (χ1n) is 1.62. The average Bonchev–Trinajstić information content (AvgIpc) is 1.37. The molecule has 0 aromatic heterocycles. The van der Waals surface area contributed by atoms with E-state index in [0.29, 0.717) is 0 Å². The van der Waals surface area contributed by atoms with Crippen molar-refractivity contribution < 1.29 is 0 Å². The van der Waals surface area contributed by atoms with Crippen molar-refractivity contribution in [3.05, 3.63) is 0 Å². The van der Waals surface area contributed by atoms with E-state index >= 15 is 0 Å². The molecule has 2 N–H and O–H groups in total. The SMILES string of the molecule is BBBN.[NaH]. The molecule has 0 saturated carbocycles. The summed E-state index contributed by atoms with van der Waals surface area (Å²) in [5, 5.41) is 0. The molecule has 5 heavy (non-hydrogen) atoms. The Morgan fingerprint density at radius 3 is 1.80 bits per heavy atom. The molecule has 0 aliphatic rings. The molecular formula is H7B3NNa. The molecule has 0 unspecified atom stereocenters. The summed E-state index contributed by atoms with van der Waals surface area (Å²) in [6, 6.07) is 0. The Morgan fingerprint density at radius 1 is 1.60 bits per heavy atom. The molecule has 0 aliphatic heterocycles. The molecule has 0 rings (SSSR count). The van der Waals surface area contributed by atoms with Crippen LogP contribution in [0.2, 0.25) is 0 Å². The van der Waals surface area contributed by atoms with Crippen molar-refractivity contribution in [2.45, 2.75) is 0 Å². The van der Waals surface area contributed by atoms with E-state index < -0.39 is 0 Å². The Labute approximate surface area is 57.2 Å². The zero-order chi connectivity index (χ0) is 3.41. The van der Waals surface area contributed by atoms with Crippen molar-refractivity contribution in [2.75, 3.05) is 0 Å². The van der Waals surface area contributed by atoms with Crippen molar-refractivity contribution in [3.63, 3.8) is 0 Å². The first-order valence-corrected chi connectivity index (χ1v) is 1.62. The molecular weight excluding hydrogens is 69.4 g/mol. The van der Waals surface area contributed by atoms with Crippen LogP contribution in [0.1, 0.15) is 0 Å². The molecule has 0 spiro atoms. The summed E-state index contributed by atoms with van der Waals surface area (Å²) in [7, 11) is 3.97. The van der Waals surface area contributed by atoms with E-state index in [-0.39, 0.29) is 29.6 Å². The van der Waals surface area contributed by atoms with Crippen molar-refractivity contribution in [2.24, 2.45) is 5.64 Å². The number of hydrogen-bond acceptors (Lipinski definition) is 1. The monoisotopic (exact) mass is 77.1 g/mol. The van der Waals surface area contributed by atoms with E-state index in [4.69, 9.17) is 5.64 Å². The number of nitrogens with two attached hydrogens (primary N) is 1. The Hall–Kier alpha value is 1.15. The number of hydrogen-bond donors (Lipinski definition) is 1. The molecule has 0 atom stereocenters. The Morgan fingerprint density at radius 2 is 1.80 bits per heavy atom. The third-order valence-electron chi connectivity index (χ3n) is 0.289. The molecule has 0 amide bonds. The van der Waals surface area contributed by atoms with Gasteiger partial charge in [0.15, 0.2) is 0 Å². The second-order valence-corrected chi connectivity index (χ2v) is 0.789. The fraction of sp³-hybridized carbons (Fsp3) is 0. The van der Waals surface area contributed by atoms with Gasteiger partial charge in [0.05, 0.1) is 14.8 Å². The van der Waals surface area contributed by atoms with E-state index in [0.717, 1.165) is 14.4 Å². The zero-order valence-corrected chi connectivity index (χ0v) is 2.99. The summed E-state index contributed by atoms with van der Waals surface area (Å²) in [6.07, 6.45) is 0. The summed E-state index contributed by atoms with van der Waals surface area (Å²) in [4.78, 5) is 0. The summed E-state index contributed by atoms with van der Waals surface area (Å²) >= 11 is 0. The third kappa shape index (κ3) is 11.0. The van der Waals surface area contributed by atoms with Crippen LogP contribution in [0.25, 0.3) is 0 Å². The van der Waals surface area contributed by atoms with Gasteiger partial charge in [0.25, 0.3) is 0 Å². The van der Waals surface area contributed by atoms with Crippen LogP contribution in [0.15, 0.2) is 0 Å². The van der Waals surface area contributed by atoms with Gasteiger partial charge in [0.2, 0.25) is 0 Å². The first-order chi connectivity index (χ1) is 1.91. The second kappa shape index (κ2) is 8.94. The van der Waals surface area contributed by atoms with Crippen LogP contribution in [0.3, 0.4) is 0 Å². The third-order valence-corrected chi connectivity index (χ3v) is 0.289. The van der Waals surface area contributed by atoms with Crippen LogP contribution in [0.5, 0.6) is 0 Å². The molecule has 1 nitrogen and oxygen atoms in total. The van der Waals surface area contributed by atoms with Gasteiger partial charge in [-0.1, -0.05) is 0 Å². The van der Waals surface area contributed by atoms with Crippen LogP contribution in [0.4, 0.5) is 0 Å². The van der Waals surface area contributed by atoms with E-state index in [1.165, 1.54) is 0 Å². The fourth-order valence-corrected chi connectivity index (χ4v) is 0. The topological polar surface area (TPSA) is 26.0 Å². The zero-order valence-electron chi connectivity index (χ0n) is 2.99.